The van der Waals surface area contributed by atoms with Crippen molar-refractivity contribution in [2.24, 2.45) is 0 Å². The van der Waals surface area contributed by atoms with Crippen LogP contribution < -0.4 is 15.2 Å². The molecule has 0 amide bonds. The molecule has 38 heavy (non-hydrogen) atoms. The standard InChI is InChI=1S/C16H15NOS.C15H14N2OS/c1-10-4-6-14(18-3)12(8-10)16-13-9-11(2)5-7-15(13)19-17-16;1-9-3-5-13(18-2)11(7-9)15-12-8-10(16)4-6-14(12)19-17-15/h4-9H,1-3H3;3-8H,16H2,1-2H3. The number of anilines is 1. The number of hydrogen-bond acceptors (Lipinski definition) is 7. The molecule has 0 aliphatic rings. The van der Waals surface area contributed by atoms with E-state index in [0.29, 0.717) is 0 Å². The molecule has 2 aromatic heterocycles. The second-order valence-corrected chi connectivity index (χ2v) is 10.8. The largest absolute Gasteiger partial charge is 0.496 e. The highest BCUT2D eigenvalue weighted by Crippen LogP contribution is 2.38. The van der Waals surface area contributed by atoms with E-state index in [-0.39, 0.29) is 0 Å². The molecule has 2 N–H and O–H groups in total. The molecule has 0 aliphatic heterocycles. The third-order valence-corrected chi connectivity index (χ3v) is 7.99. The zero-order valence-electron chi connectivity index (χ0n) is 22.0. The normalized spacial score (nSPS) is 10.9. The van der Waals surface area contributed by atoms with Gasteiger partial charge >= 0.3 is 0 Å². The summed E-state index contributed by atoms with van der Waals surface area (Å²) >= 11 is 3.02. The molecule has 5 nitrogen and oxygen atoms in total. The molecule has 2 heterocycles. The van der Waals surface area contributed by atoms with Crippen LogP contribution in [0.2, 0.25) is 0 Å². The van der Waals surface area contributed by atoms with Crippen LogP contribution in [0.5, 0.6) is 11.5 Å². The topological polar surface area (TPSA) is 70.3 Å². The van der Waals surface area contributed by atoms with Gasteiger partial charge in [0.05, 0.1) is 35.0 Å². The lowest BCUT2D eigenvalue weighted by atomic mass is 10.0. The van der Waals surface area contributed by atoms with Gasteiger partial charge in [-0.1, -0.05) is 34.9 Å². The predicted octanol–water partition coefficient (Wildman–Crippen LogP) is 8.45. The van der Waals surface area contributed by atoms with Gasteiger partial charge in [0.25, 0.3) is 0 Å². The number of benzene rings is 4. The zero-order valence-corrected chi connectivity index (χ0v) is 23.7. The molecule has 0 spiro atoms. The smallest absolute Gasteiger partial charge is 0.128 e. The highest BCUT2D eigenvalue weighted by molar-refractivity contribution is 7.14. The Morgan fingerprint density at radius 3 is 1.55 bits per heavy atom. The van der Waals surface area contributed by atoms with Crippen LogP contribution in [0.15, 0.2) is 72.8 Å². The van der Waals surface area contributed by atoms with E-state index in [4.69, 9.17) is 15.2 Å². The number of nitrogens with two attached hydrogens (primary N) is 1. The Morgan fingerprint density at radius 2 is 1.03 bits per heavy atom. The fourth-order valence-electron chi connectivity index (χ4n) is 4.41. The van der Waals surface area contributed by atoms with Crippen molar-refractivity contribution in [1.29, 1.82) is 0 Å². The van der Waals surface area contributed by atoms with E-state index in [1.807, 2.05) is 36.4 Å². The molecule has 0 aliphatic carbocycles. The maximum atomic E-state index is 5.88. The van der Waals surface area contributed by atoms with Crippen LogP contribution in [0.3, 0.4) is 0 Å². The first kappa shape index (κ1) is 25.7. The third-order valence-electron chi connectivity index (χ3n) is 6.34. The van der Waals surface area contributed by atoms with Crippen molar-refractivity contribution in [2.45, 2.75) is 20.8 Å². The number of hydrogen-bond donors (Lipinski definition) is 1. The monoisotopic (exact) mass is 539 g/mol. The number of aryl methyl sites for hydroxylation is 3. The van der Waals surface area contributed by atoms with Crippen molar-refractivity contribution >= 4 is 48.9 Å². The number of nitrogens with zero attached hydrogens (tertiary/aromatic N) is 2. The summed E-state index contributed by atoms with van der Waals surface area (Å²) < 4.78 is 22.4. The molecule has 0 radical (unpaired) electrons. The molecule has 7 heteroatoms. The van der Waals surface area contributed by atoms with Crippen molar-refractivity contribution in [3.8, 4) is 34.0 Å². The Balaban J connectivity index is 0.000000155. The lowest BCUT2D eigenvalue weighted by molar-refractivity contribution is 0.416. The summed E-state index contributed by atoms with van der Waals surface area (Å²) in [6, 6.07) is 24.6. The van der Waals surface area contributed by atoms with E-state index >= 15 is 0 Å². The summed E-state index contributed by atoms with van der Waals surface area (Å²) in [5.41, 5.74) is 14.3. The molecule has 0 unspecified atom stereocenters. The minimum atomic E-state index is 0.751. The first-order valence-electron chi connectivity index (χ1n) is 12.2. The lowest BCUT2D eigenvalue weighted by Crippen LogP contribution is -1.90. The summed E-state index contributed by atoms with van der Waals surface area (Å²) in [7, 11) is 3.38. The van der Waals surface area contributed by atoms with Crippen molar-refractivity contribution < 1.29 is 9.47 Å². The van der Waals surface area contributed by atoms with E-state index in [1.54, 1.807) is 14.2 Å². The number of methoxy groups -OCH3 is 2. The Bertz CT molecular complexity index is 1620. The van der Waals surface area contributed by atoms with Gasteiger partial charge in [0.15, 0.2) is 0 Å². The van der Waals surface area contributed by atoms with Gasteiger partial charge in [-0.2, -0.15) is 8.75 Å². The van der Waals surface area contributed by atoms with Crippen molar-refractivity contribution in [3.05, 3.63) is 89.5 Å². The van der Waals surface area contributed by atoms with Gasteiger partial charge in [-0.05, 0) is 98.4 Å². The van der Waals surface area contributed by atoms with Crippen LogP contribution >= 0.6 is 23.1 Å². The van der Waals surface area contributed by atoms with Gasteiger partial charge in [0.2, 0.25) is 0 Å². The quantitative estimate of drug-likeness (QED) is 0.228. The van der Waals surface area contributed by atoms with Crippen LogP contribution in [-0.2, 0) is 0 Å². The summed E-state index contributed by atoms with van der Waals surface area (Å²) in [4.78, 5) is 0. The molecule has 4 aromatic carbocycles. The van der Waals surface area contributed by atoms with E-state index < -0.39 is 0 Å². The highest BCUT2D eigenvalue weighted by atomic mass is 32.1. The minimum Gasteiger partial charge on any atom is -0.496 e. The van der Waals surface area contributed by atoms with Crippen LogP contribution in [0.1, 0.15) is 16.7 Å². The lowest BCUT2D eigenvalue weighted by Gasteiger charge is -2.08. The van der Waals surface area contributed by atoms with Gasteiger partial charge in [0, 0.05) is 27.6 Å². The molecular formula is C31H29N3O2S2. The van der Waals surface area contributed by atoms with Gasteiger partial charge in [-0.15, -0.1) is 0 Å². The molecule has 192 valence electrons. The number of ether oxygens (including phenoxy) is 2. The van der Waals surface area contributed by atoms with Crippen molar-refractivity contribution in [3.63, 3.8) is 0 Å². The van der Waals surface area contributed by atoms with Gasteiger partial charge in [-0.3, -0.25) is 0 Å². The van der Waals surface area contributed by atoms with Crippen LogP contribution in [-0.4, -0.2) is 23.0 Å². The van der Waals surface area contributed by atoms with Crippen LogP contribution in [0, 0.1) is 20.8 Å². The molecule has 0 saturated carbocycles. The fourth-order valence-corrected chi connectivity index (χ4v) is 5.95. The molecular weight excluding hydrogens is 510 g/mol. The van der Waals surface area contributed by atoms with E-state index in [2.05, 4.69) is 65.9 Å². The van der Waals surface area contributed by atoms with E-state index in [0.717, 1.165) is 49.8 Å². The molecule has 0 atom stereocenters. The zero-order chi connectivity index (χ0) is 26.8. The number of rotatable bonds is 4. The summed E-state index contributed by atoms with van der Waals surface area (Å²) in [5.74, 6) is 1.71. The second kappa shape index (κ2) is 10.8. The first-order valence-corrected chi connectivity index (χ1v) is 13.7. The average Bonchev–Trinajstić information content (AvgIpc) is 3.52. The van der Waals surface area contributed by atoms with E-state index in [1.165, 1.54) is 49.8 Å². The fraction of sp³-hybridized carbons (Fsp3) is 0.161. The average molecular weight is 540 g/mol. The number of aromatic nitrogens is 2. The molecule has 0 bridgehead atoms. The Morgan fingerprint density at radius 1 is 0.579 bits per heavy atom. The SMILES string of the molecule is COc1ccc(C)cc1-c1nsc2ccc(C)cc12.COc1ccc(C)cc1-c1nsc2ccc(N)cc12. The number of fused-ring (bicyclic) bond motifs is 2. The molecule has 0 saturated heterocycles. The van der Waals surface area contributed by atoms with Crippen molar-refractivity contribution in [1.82, 2.24) is 8.75 Å². The van der Waals surface area contributed by atoms with Crippen molar-refractivity contribution in [2.75, 3.05) is 20.0 Å². The number of nitrogen functional groups attached to an aromatic ring is 1. The molecule has 0 fully saturated rings. The van der Waals surface area contributed by atoms with Gasteiger partial charge in [0.1, 0.15) is 11.5 Å². The maximum absolute atomic E-state index is 5.88. The van der Waals surface area contributed by atoms with E-state index in [9.17, 15) is 0 Å². The molecule has 6 aromatic rings. The first-order chi connectivity index (χ1) is 18.4. The summed E-state index contributed by atoms with van der Waals surface area (Å²) in [6.07, 6.45) is 0. The van der Waals surface area contributed by atoms with Gasteiger partial charge in [-0.25, -0.2) is 0 Å². The summed E-state index contributed by atoms with van der Waals surface area (Å²) in [5, 5.41) is 2.28. The highest BCUT2D eigenvalue weighted by Gasteiger charge is 2.14. The Hall–Kier alpha value is -3.94. The second-order valence-electron chi connectivity index (χ2n) is 9.23. The van der Waals surface area contributed by atoms with Gasteiger partial charge < -0.3 is 15.2 Å². The third kappa shape index (κ3) is 5.08. The van der Waals surface area contributed by atoms with Crippen LogP contribution in [0.4, 0.5) is 5.69 Å². The minimum absolute atomic E-state index is 0.751. The Kier molecular flexibility index (Phi) is 7.31. The van der Waals surface area contributed by atoms with Crippen LogP contribution in [0.25, 0.3) is 42.7 Å². The summed E-state index contributed by atoms with van der Waals surface area (Å²) in [6.45, 7) is 6.25. The predicted molar refractivity (Wildman–Crippen MR) is 162 cm³/mol. The Labute approximate surface area is 230 Å². The maximum Gasteiger partial charge on any atom is 0.128 e. The molecule has 6 rings (SSSR count).